The van der Waals surface area contributed by atoms with Gasteiger partial charge in [-0.1, -0.05) is 0 Å². The summed E-state index contributed by atoms with van der Waals surface area (Å²) in [7, 11) is 0. The van der Waals surface area contributed by atoms with E-state index < -0.39 is 12.2 Å². The molecule has 0 bridgehead atoms. The van der Waals surface area contributed by atoms with Gasteiger partial charge in [0, 0.05) is 12.4 Å². The predicted molar refractivity (Wildman–Crippen MR) is 37.7 cm³/mol. The van der Waals surface area contributed by atoms with Gasteiger partial charge in [-0.25, -0.2) is 9.78 Å². The van der Waals surface area contributed by atoms with E-state index in [1.54, 1.807) is 19.3 Å². The van der Waals surface area contributed by atoms with Gasteiger partial charge in [0.1, 0.15) is 5.82 Å². The van der Waals surface area contributed by atoms with Crippen molar-refractivity contribution < 1.29 is 9.53 Å². The number of hydrogen-bond acceptors (Lipinski definition) is 3. The molecule has 0 fully saturated rings. The van der Waals surface area contributed by atoms with Gasteiger partial charge in [-0.3, -0.25) is 0 Å². The number of rotatable bonds is 2. The molecular weight excluding hydrogens is 146 g/mol. The zero-order valence-corrected chi connectivity index (χ0v) is 6.07. The van der Waals surface area contributed by atoms with Crippen molar-refractivity contribution in [2.45, 2.75) is 13.0 Å². The number of ether oxygens (including phenoxy) is 1. The first-order valence-corrected chi connectivity index (χ1v) is 3.15. The van der Waals surface area contributed by atoms with Crippen molar-refractivity contribution >= 4 is 6.09 Å². The molecule has 3 N–H and O–H groups in total. The highest BCUT2D eigenvalue weighted by molar-refractivity contribution is 5.64. The van der Waals surface area contributed by atoms with Gasteiger partial charge in [0.05, 0.1) is 0 Å². The van der Waals surface area contributed by atoms with Crippen LogP contribution in [-0.4, -0.2) is 16.1 Å². The quantitative estimate of drug-likeness (QED) is 0.654. The lowest BCUT2D eigenvalue weighted by Gasteiger charge is -2.06. The lowest BCUT2D eigenvalue weighted by molar-refractivity contribution is 0.112. The monoisotopic (exact) mass is 155 g/mol. The fraction of sp³-hybridized carbons (Fsp3) is 0.333. The van der Waals surface area contributed by atoms with Crippen molar-refractivity contribution in [1.29, 1.82) is 0 Å². The summed E-state index contributed by atoms with van der Waals surface area (Å²) in [6.07, 6.45) is 2.02. The van der Waals surface area contributed by atoms with Crippen LogP contribution in [0.3, 0.4) is 0 Å². The Bertz CT molecular complexity index is 232. The number of carbonyl (C=O) groups excluding carboxylic acids is 1. The van der Waals surface area contributed by atoms with Gasteiger partial charge in [-0.15, -0.1) is 0 Å². The van der Waals surface area contributed by atoms with Crippen LogP contribution in [0.25, 0.3) is 0 Å². The zero-order valence-electron chi connectivity index (χ0n) is 6.07. The summed E-state index contributed by atoms with van der Waals surface area (Å²) in [6.45, 7) is 1.68. The van der Waals surface area contributed by atoms with Gasteiger partial charge in [0.2, 0.25) is 0 Å². The van der Waals surface area contributed by atoms with Crippen LogP contribution in [-0.2, 0) is 4.74 Å². The van der Waals surface area contributed by atoms with Crippen molar-refractivity contribution in [3.63, 3.8) is 0 Å². The highest BCUT2D eigenvalue weighted by Gasteiger charge is 2.09. The molecule has 1 amide bonds. The van der Waals surface area contributed by atoms with Gasteiger partial charge in [0.15, 0.2) is 6.10 Å². The van der Waals surface area contributed by atoms with Crippen molar-refractivity contribution in [1.82, 2.24) is 9.97 Å². The predicted octanol–water partition coefficient (Wildman–Crippen LogP) is 0.566. The Morgan fingerprint density at radius 2 is 2.64 bits per heavy atom. The van der Waals surface area contributed by atoms with E-state index in [1.807, 2.05) is 0 Å². The minimum absolute atomic E-state index is 0.414. The molecule has 1 aromatic rings. The van der Waals surface area contributed by atoms with Crippen molar-refractivity contribution in [2.75, 3.05) is 0 Å². The second-order valence-corrected chi connectivity index (χ2v) is 2.05. The van der Waals surface area contributed by atoms with Gasteiger partial charge >= 0.3 is 6.09 Å². The third-order valence-electron chi connectivity index (χ3n) is 1.20. The highest BCUT2D eigenvalue weighted by atomic mass is 16.6. The number of aromatic nitrogens is 2. The summed E-state index contributed by atoms with van der Waals surface area (Å²) < 4.78 is 4.64. The Hall–Kier alpha value is -1.52. The summed E-state index contributed by atoms with van der Waals surface area (Å²) in [5.41, 5.74) is 4.80. The fourth-order valence-electron chi connectivity index (χ4n) is 0.730. The first-order valence-electron chi connectivity index (χ1n) is 3.15. The Morgan fingerprint density at radius 3 is 3.09 bits per heavy atom. The van der Waals surface area contributed by atoms with Gasteiger partial charge in [-0.2, -0.15) is 0 Å². The van der Waals surface area contributed by atoms with Gasteiger partial charge < -0.3 is 15.5 Å². The molecule has 1 rings (SSSR count). The van der Waals surface area contributed by atoms with Crippen LogP contribution in [0.5, 0.6) is 0 Å². The van der Waals surface area contributed by atoms with Crippen molar-refractivity contribution in [3.8, 4) is 0 Å². The first-order chi connectivity index (χ1) is 5.20. The van der Waals surface area contributed by atoms with Crippen LogP contribution < -0.4 is 5.73 Å². The molecule has 1 heterocycles. The Labute approximate surface area is 63.6 Å². The average Bonchev–Trinajstić information content (AvgIpc) is 2.35. The van der Waals surface area contributed by atoms with Crippen LogP contribution in [0.1, 0.15) is 18.9 Å². The number of nitrogens with one attached hydrogen (secondary N) is 1. The van der Waals surface area contributed by atoms with Crippen LogP contribution in [0.4, 0.5) is 4.79 Å². The molecule has 11 heavy (non-hydrogen) atoms. The fourth-order valence-corrected chi connectivity index (χ4v) is 0.730. The Morgan fingerprint density at radius 1 is 1.91 bits per heavy atom. The molecule has 0 aliphatic heterocycles. The molecule has 0 saturated heterocycles. The summed E-state index contributed by atoms with van der Waals surface area (Å²) in [5.74, 6) is 0.587. The van der Waals surface area contributed by atoms with Crippen LogP contribution in [0.15, 0.2) is 12.4 Å². The minimum atomic E-state index is -0.797. The first kappa shape index (κ1) is 7.59. The molecular formula is C6H9N3O2. The van der Waals surface area contributed by atoms with Crippen molar-refractivity contribution in [3.05, 3.63) is 18.2 Å². The molecule has 0 aromatic carbocycles. The van der Waals surface area contributed by atoms with Gasteiger partial charge in [0.25, 0.3) is 0 Å². The number of primary amides is 1. The number of amides is 1. The normalized spacial score (nSPS) is 12.5. The number of hydrogen-bond donors (Lipinski definition) is 2. The number of aromatic amines is 1. The smallest absolute Gasteiger partial charge is 0.405 e. The molecule has 0 spiro atoms. The lowest BCUT2D eigenvalue weighted by Crippen LogP contribution is -2.16. The topological polar surface area (TPSA) is 81.0 Å². The van der Waals surface area contributed by atoms with E-state index >= 15 is 0 Å². The van der Waals surface area contributed by atoms with Crippen LogP contribution in [0, 0.1) is 0 Å². The minimum Gasteiger partial charge on any atom is -0.439 e. The zero-order chi connectivity index (χ0) is 8.27. The second kappa shape index (κ2) is 3.05. The largest absolute Gasteiger partial charge is 0.439 e. The number of nitrogens with zero attached hydrogens (tertiary/aromatic N) is 1. The number of carbonyl (C=O) groups is 1. The number of nitrogens with two attached hydrogens (primary N) is 1. The molecule has 0 aliphatic carbocycles. The SMILES string of the molecule is CC(OC(N)=O)c1ncc[nH]1. The van der Waals surface area contributed by atoms with E-state index in [-0.39, 0.29) is 0 Å². The van der Waals surface area contributed by atoms with E-state index in [9.17, 15) is 4.79 Å². The van der Waals surface area contributed by atoms with E-state index in [0.717, 1.165) is 0 Å². The molecule has 60 valence electrons. The molecule has 1 unspecified atom stereocenters. The van der Waals surface area contributed by atoms with Crippen LogP contribution in [0.2, 0.25) is 0 Å². The summed E-state index contributed by atoms with van der Waals surface area (Å²) in [6, 6.07) is 0. The van der Waals surface area contributed by atoms with E-state index in [0.29, 0.717) is 5.82 Å². The third-order valence-corrected chi connectivity index (χ3v) is 1.20. The van der Waals surface area contributed by atoms with E-state index in [4.69, 9.17) is 5.73 Å². The molecule has 1 aromatic heterocycles. The maximum atomic E-state index is 10.3. The maximum absolute atomic E-state index is 10.3. The highest BCUT2D eigenvalue weighted by Crippen LogP contribution is 2.09. The molecule has 1 atom stereocenters. The lowest BCUT2D eigenvalue weighted by atomic mass is 10.4. The average molecular weight is 155 g/mol. The Balaban J connectivity index is 2.56. The van der Waals surface area contributed by atoms with Crippen molar-refractivity contribution in [2.24, 2.45) is 5.73 Å². The summed E-state index contributed by atoms with van der Waals surface area (Å²) in [4.78, 5) is 16.9. The molecule has 0 aliphatic rings. The maximum Gasteiger partial charge on any atom is 0.405 e. The van der Waals surface area contributed by atoms with E-state index in [1.165, 1.54) is 0 Å². The Kier molecular flexibility index (Phi) is 2.10. The van der Waals surface area contributed by atoms with Gasteiger partial charge in [-0.05, 0) is 6.92 Å². The standard InChI is InChI=1S/C6H9N3O2/c1-4(11-6(7)10)5-8-2-3-9-5/h2-4H,1H3,(H2,7,10)(H,8,9). The summed E-state index contributed by atoms with van der Waals surface area (Å²) >= 11 is 0. The molecule has 5 heteroatoms. The number of H-pyrrole nitrogens is 1. The molecule has 0 radical (unpaired) electrons. The van der Waals surface area contributed by atoms with E-state index in [2.05, 4.69) is 14.7 Å². The molecule has 0 saturated carbocycles. The third kappa shape index (κ3) is 1.96. The second-order valence-electron chi connectivity index (χ2n) is 2.05. The van der Waals surface area contributed by atoms with Crippen LogP contribution >= 0.6 is 0 Å². The molecule has 5 nitrogen and oxygen atoms in total. The number of imidazole rings is 1. The summed E-state index contributed by atoms with van der Waals surface area (Å²) in [5, 5.41) is 0.